The van der Waals surface area contributed by atoms with Crippen LogP contribution in [0.5, 0.6) is 0 Å². The maximum Gasteiger partial charge on any atom is 0.305 e. The molecule has 0 spiro atoms. The highest BCUT2D eigenvalue weighted by molar-refractivity contribution is 5.76. The number of carbonyl (C=O) groups excluding carboxylic acids is 2. The number of nitrogens with one attached hydrogen (secondary N) is 1. The van der Waals surface area contributed by atoms with Crippen LogP contribution in [0.3, 0.4) is 0 Å². The number of aliphatic hydroxyl groups is 2. The van der Waals surface area contributed by atoms with Crippen molar-refractivity contribution in [1.82, 2.24) is 5.32 Å². The van der Waals surface area contributed by atoms with Gasteiger partial charge in [0.2, 0.25) is 5.91 Å². The Balaban J connectivity index is 3.43. The van der Waals surface area contributed by atoms with Crippen molar-refractivity contribution in [2.75, 3.05) is 13.2 Å². The Kier molecular flexibility index (Phi) is 70.4. The molecule has 2 unspecified atom stereocenters. The number of aliphatic hydroxyl groups excluding tert-OH is 2. The number of carbonyl (C=O) groups is 2. The molecule has 6 nitrogen and oxygen atoms in total. The molecular formula is C77H145NO5. The Morgan fingerprint density at radius 3 is 0.940 bits per heavy atom. The fourth-order valence-corrected chi connectivity index (χ4v) is 11.6. The van der Waals surface area contributed by atoms with Crippen LogP contribution >= 0.6 is 0 Å². The summed E-state index contributed by atoms with van der Waals surface area (Å²) in [6, 6.07) is -0.633. The number of hydrogen-bond donors (Lipinski definition) is 3. The highest BCUT2D eigenvalue weighted by atomic mass is 16.5. The Morgan fingerprint density at radius 1 is 0.337 bits per heavy atom. The van der Waals surface area contributed by atoms with Crippen molar-refractivity contribution in [3.8, 4) is 0 Å². The first-order chi connectivity index (χ1) is 41.0. The van der Waals surface area contributed by atoms with Gasteiger partial charge in [0.15, 0.2) is 0 Å². The standard InChI is InChI=1S/C77H145NO5/c1-3-5-7-9-11-13-15-17-19-21-22-23-24-26-29-32-35-38-41-45-49-53-57-61-65-69-75(80)74(73-79)78-76(81)70-66-62-58-54-50-46-42-39-36-33-30-27-25-28-31-34-37-40-44-48-52-56-60-64-68-72-83-77(82)71-67-63-59-55-51-47-43-20-18-16-14-12-10-8-6-4-2/h14,16,20,27,30,43,65,69,74-75,79-80H,3-13,15,17-19,21-26,28-29,31-42,44-64,66-68,70-73H2,1-2H3,(H,78,81)/b16-14-,30-27-,43-20-,69-65+. The van der Waals surface area contributed by atoms with Gasteiger partial charge in [-0.2, -0.15) is 0 Å². The molecule has 0 fully saturated rings. The zero-order chi connectivity index (χ0) is 59.9. The van der Waals surface area contributed by atoms with Crippen LogP contribution in [-0.2, 0) is 14.3 Å². The quantitative estimate of drug-likeness (QED) is 0.0320. The largest absolute Gasteiger partial charge is 0.466 e. The van der Waals surface area contributed by atoms with Gasteiger partial charge in [0.1, 0.15) is 0 Å². The Labute approximate surface area is 518 Å². The summed E-state index contributed by atoms with van der Waals surface area (Å²) < 4.78 is 5.49. The molecule has 3 N–H and O–H groups in total. The Bertz CT molecular complexity index is 1390. The van der Waals surface area contributed by atoms with E-state index in [2.05, 4.69) is 55.6 Å². The predicted molar refractivity (Wildman–Crippen MR) is 366 cm³/mol. The van der Waals surface area contributed by atoms with Crippen LogP contribution in [0.15, 0.2) is 48.6 Å². The van der Waals surface area contributed by atoms with Gasteiger partial charge >= 0.3 is 5.97 Å². The SMILES string of the molecule is CCCCCC/C=C\C/C=C\CCCCCCCC(=O)OCCCCCCCCCCCCCC/C=C\CCCCCCCCCCCC(=O)NC(CO)C(O)/C=C/CCCCCCCCCCCCCCCCCCCCCCCCC. The number of unbranched alkanes of at least 4 members (excludes halogenated alkanes) is 53. The lowest BCUT2D eigenvalue weighted by atomic mass is 10.0. The predicted octanol–water partition coefficient (Wildman–Crippen LogP) is 24.4. The summed E-state index contributed by atoms with van der Waals surface area (Å²) >= 11 is 0. The molecule has 0 saturated heterocycles. The van der Waals surface area contributed by atoms with Crippen LogP contribution in [0.25, 0.3) is 0 Å². The molecule has 0 aliphatic heterocycles. The molecule has 488 valence electrons. The van der Waals surface area contributed by atoms with Gasteiger partial charge in [0.25, 0.3) is 0 Å². The molecule has 2 atom stereocenters. The molecule has 0 aromatic rings. The molecule has 0 bridgehead atoms. The minimum absolute atomic E-state index is 0.0000339. The molecule has 83 heavy (non-hydrogen) atoms. The second-order valence-electron chi connectivity index (χ2n) is 25.6. The monoisotopic (exact) mass is 1160 g/mol. The molecule has 0 aliphatic rings. The number of allylic oxidation sites excluding steroid dienone is 7. The topological polar surface area (TPSA) is 95.9 Å². The minimum atomic E-state index is -0.849. The molecule has 0 heterocycles. The van der Waals surface area contributed by atoms with Crippen LogP contribution in [0.4, 0.5) is 0 Å². The van der Waals surface area contributed by atoms with Crippen molar-refractivity contribution < 1.29 is 24.5 Å². The molecule has 6 heteroatoms. The average molecular weight is 1170 g/mol. The van der Waals surface area contributed by atoms with Crippen LogP contribution in [0, 0.1) is 0 Å². The van der Waals surface area contributed by atoms with E-state index in [0.717, 1.165) is 51.4 Å². The van der Waals surface area contributed by atoms with E-state index >= 15 is 0 Å². The summed E-state index contributed by atoms with van der Waals surface area (Å²) in [5, 5.41) is 23.3. The van der Waals surface area contributed by atoms with E-state index in [-0.39, 0.29) is 18.5 Å². The van der Waals surface area contributed by atoms with Crippen LogP contribution in [0.1, 0.15) is 406 Å². The van der Waals surface area contributed by atoms with Gasteiger partial charge in [0.05, 0.1) is 25.4 Å². The van der Waals surface area contributed by atoms with Crippen LogP contribution < -0.4 is 5.32 Å². The van der Waals surface area contributed by atoms with Crippen molar-refractivity contribution in [1.29, 1.82) is 0 Å². The Morgan fingerprint density at radius 2 is 0.602 bits per heavy atom. The zero-order valence-corrected chi connectivity index (χ0v) is 55.9. The fraction of sp³-hybridized carbons (Fsp3) is 0.870. The van der Waals surface area contributed by atoms with Gasteiger partial charge in [0, 0.05) is 12.8 Å². The first kappa shape index (κ1) is 80.8. The van der Waals surface area contributed by atoms with Gasteiger partial charge in [-0.05, 0) is 89.9 Å². The third-order valence-corrected chi connectivity index (χ3v) is 17.3. The van der Waals surface area contributed by atoms with Crippen LogP contribution in [0.2, 0.25) is 0 Å². The van der Waals surface area contributed by atoms with Gasteiger partial charge in [-0.25, -0.2) is 0 Å². The molecule has 0 aromatic carbocycles. The first-order valence-electron chi connectivity index (χ1n) is 37.4. The number of esters is 1. The van der Waals surface area contributed by atoms with E-state index in [1.54, 1.807) is 6.08 Å². The third-order valence-electron chi connectivity index (χ3n) is 17.3. The van der Waals surface area contributed by atoms with E-state index in [0.29, 0.717) is 19.4 Å². The molecular weight excluding hydrogens is 1020 g/mol. The minimum Gasteiger partial charge on any atom is -0.466 e. The fourth-order valence-electron chi connectivity index (χ4n) is 11.6. The summed E-state index contributed by atoms with van der Waals surface area (Å²) in [4.78, 5) is 24.6. The lowest BCUT2D eigenvalue weighted by Crippen LogP contribution is -2.45. The summed E-state index contributed by atoms with van der Waals surface area (Å²) in [7, 11) is 0. The van der Waals surface area contributed by atoms with Crippen molar-refractivity contribution in [2.24, 2.45) is 0 Å². The third kappa shape index (κ3) is 68.8. The first-order valence-corrected chi connectivity index (χ1v) is 37.4. The zero-order valence-electron chi connectivity index (χ0n) is 55.9. The maximum absolute atomic E-state index is 12.5. The molecule has 0 saturated carbocycles. The summed E-state index contributed by atoms with van der Waals surface area (Å²) in [5.41, 5.74) is 0. The van der Waals surface area contributed by atoms with Crippen molar-refractivity contribution in [3.05, 3.63) is 48.6 Å². The van der Waals surface area contributed by atoms with Gasteiger partial charge in [-0.1, -0.05) is 351 Å². The van der Waals surface area contributed by atoms with Gasteiger partial charge in [-0.3, -0.25) is 9.59 Å². The van der Waals surface area contributed by atoms with Gasteiger partial charge < -0.3 is 20.3 Å². The number of rotatable bonds is 70. The molecule has 0 rings (SSSR count). The highest BCUT2D eigenvalue weighted by Gasteiger charge is 2.18. The van der Waals surface area contributed by atoms with Crippen molar-refractivity contribution >= 4 is 11.9 Å². The lowest BCUT2D eigenvalue weighted by molar-refractivity contribution is -0.143. The van der Waals surface area contributed by atoms with Crippen molar-refractivity contribution in [2.45, 2.75) is 418 Å². The normalized spacial score (nSPS) is 12.8. The second kappa shape index (κ2) is 72.3. The molecule has 0 aromatic heterocycles. The summed E-state index contributed by atoms with van der Waals surface area (Å²) in [6.07, 6.45) is 94.9. The van der Waals surface area contributed by atoms with E-state index in [1.165, 1.54) is 327 Å². The summed E-state index contributed by atoms with van der Waals surface area (Å²) in [5.74, 6) is -0.0673. The maximum atomic E-state index is 12.5. The second-order valence-corrected chi connectivity index (χ2v) is 25.6. The number of ether oxygens (including phenoxy) is 1. The summed E-state index contributed by atoms with van der Waals surface area (Å²) in [6.45, 7) is 4.91. The van der Waals surface area contributed by atoms with Crippen LogP contribution in [-0.4, -0.2) is 47.4 Å². The number of amides is 1. The average Bonchev–Trinajstić information content (AvgIpc) is 3.49. The van der Waals surface area contributed by atoms with E-state index in [4.69, 9.17) is 4.74 Å². The lowest BCUT2D eigenvalue weighted by Gasteiger charge is -2.20. The molecule has 0 aliphatic carbocycles. The smallest absolute Gasteiger partial charge is 0.305 e. The number of hydrogen-bond acceptors (Lipinski definition) is 5. The highest BCUT2D eigenvalue weighted by Crippen LogP contribution is 2.19. The molecule has 1 amide bonds. The van der Waals surface area contributed by atoms with E-state index in [1.807, 2.05) is 6.08 Å². The van der Waals surface area contributed by atoms with E-state index in [9.17, 15) is 19.8 Å². The van der Waals surface area contributed by atoms with Crippen molar-refractivity contribution in [3.63, 3.8) is 0 Å². The van der Waals surface area contributed by atoms with E-state index < -0.39 is 12.1 Å². The van der Waals surface area contributed by atoms with Gasteiger partial charge in [-0.15, -0.1) is 0 Å². The molecule has 0 radical (unpaired) electrons. The Hall–Kier alpha value is -2.18.